The van der Waals surface area contributed by atoms with Crippen molar-refractivity contribution >= 4 is 20.0 Å². The van der Waals surface area contributed by atoms with Gasteiger partial charge >= 0.3 is 0 Å². The van der Waals surface area contributed by atoms with Crippen LogP contribution < -0.4 is 5.14 Å². The maximum atomic E-state index is 12.8. The van der Waals surface area contributed by atoms with Gasteiger partial charge in [-0.05, 0) is 37.0 Å². The van der Waals surface area contributed by atoms with Gasteiger partial charge in [-0.1, -0.05) is 25.5 Å². The Morgan fingerprint density at radius 3 is 2.32 bits per heavy atom. The zero-order chi connectivity index (χ0) is 16.4. The number of rotatable bonds is 5. The minimum atomic E-state index is -3.72. The van der Waals surface area contributed by atoms with E-state index in [0.717, 1.165) is 24.8 Å². The molecule has 0 amide bonds. The van der Waals surface area contributed by atoms with Crippen molar-refractivity contribution in [3.05, 3.63) is 29.8 Å². The highest BCUT2D eigenvalue weighted by Gasteiger charge is 2.35. The van der Waals surface area contributed by atoms with Gasteiger partial charge in [-0.15, -0.1) is 0 Å². The summed E-state index contributed by atoms with van der Waals surface area (Å²) in [6.45, 7) is 2.33. The van der Waals surface area contributed by atoms with E-state index < -0.39 is 26.1 Å². The third-order valence-electron chi connectivity index (χ3n) is 3.94. The molecule has 6 nitrogen and oxygen atoms in total. The average Bonchev–Trinajstić information content (AvgIpc) is 2.46. The highest BCUT2D eigenvalue weighted by molar-refractivity contribution is 7.90. The smallest absolute Gasteiger partial charge is 0.229 e. The second-order valence-corrected chi connectivity index (χ2v) is 9.14. The third kappa shape index (κ3) is 4.07. The van der Waals surface area contributed by atoms with Crippen LogP contribution in [0.2, 0.25) is 0 Å². The number of benzene rings is 1. The first-order valence-electron chi connectivity index (χ1n) is 7.35. The van der Waals surface area contributed by atoms with Crippen LogP contribution >= 0.6 is 0 Å². The standard InChI is InChI=1S/C14H22N2O4S2/c1-2-12-6-8-14(9-7-12)22(19,20)16-10-4-3-5-13(16)11-21(15,17)18/h6-9,13H,2-5,10-11H2,1H3,(H2,15,17,18). The molecule has 2 N–H and O–H groups in total. The van der Waals surface area contributed by atoms with Crippen LogP contribution in [0.25, 0.3) is 0 Å². The van der Waals surface area contributed by atoms with Gasteiger partial charge in [0.15, 0.2) is 0 Å². The monoisotopic (exact) mass is 346 g/mol. The number of nitrogens with zero attached hydrogens (tertiary/aromatic N) is 1. The average molecular weight is 346 g/mol. The Morgan fingerprint density at radius 1 is 1.14 bits per heavy atom. The molecule has 2 rings (SSSR count). The molecule has 1 aliphatic rings. The highest BCUT2D eigenvalue weighted by Crippen LogP contribution is 2.26. The summed E-state index contributed by atoms with van der Waals surface area (Å²) >= 11 is 0. The van der Waals surface area contributed by atoms with E-state index in [0.29, 0.717) is 13.0 Å². The number of aryl methyl sites for hydroxylation is 1. The molecule has 1 aliphatic heterocycles. The number of piperidine rings is 1. The molecular formula is C14H22N2O4S2. The lowest BCUT2D eigenvalue weighted by atomic mass is 10.1. The number of hydrogen-bond donors (Lipinski definition) is 1. The van der Waals surface area contributed by atoms with Gasteiger partial charge in [0.2, 0.25) is 20.0 Å². The minimum absolute atomic E-state index is 0.200. The third-order valence-corrected chi connectivity index (χ3v) is 6.75. The number of primary sulfonamides is 1. The Morgan fingerprint density at radius 2 is 1.77 bits per heavy atom. The fourth-order valence-electron chi connectivity index (χ4n) is 2.76. The van der Waals surface area contributed by atoms with Crippen molar-refractivity contribution < 1.29 is 16.8 Å². The van der Waals surface area contributed by atoms with Gasteiger partial charge in [-0.25, -0.2) is 22.0 Å². The van der Waals surface area contributed by atoms with Gasteiger partial charge < -0.3 is 0 Å². The Hall–Kier alpha value is -0.960. The zero-order valence-corrected chi connectivity index (χ0v) is 14.2. The van der Waals surface area contributed by atoms with Gasteiger partial charge in [0.25, 0.3) is 0 Å². The molecular weight excluding hydrogens is 324 g/mol. The first-order valence-corrected chi connectivity index (χ1v) is 10.5. The first kappa shape index (κ1) is 17.4. The summed E-state index contributed by atoms with van der Waals surface area (Å²) in [6.07, 6.45) is 2.88. The van der Waals surface area contributed by atoms with Crippen LogP contribution in [0, 0.1) is 0 Å². The molecule has 0 bridgehead atoms. The van der Waals surface area contributed by atoms with Gasteiger partial charge in [-0.2, -0.15) is 4.31 Å². The molecule has 1 aromatic carbocycles. The summed E-state index contributed by atoms with van der Waals surface area (Å²) in [5, 5.41) is 5.10. The van der Waals surface area contributed by atoms with Crippen LogP contribution in [-0.2, 0) is 26.5 Å². The quantitative estimate of drug-likeness (QED) is 0.862. The van der Waals surface area contributed by atoms with E-state index in [1.54, 1.807) is 24.3 Å². The number of hydrogen-bond acceptors (Lipinski definition) is 4. The summed E-state index contributed by atoms with van der Waals surface area (Å²) in [5.74, 6) is -0.334. The van der Waals surface area contributed by atoms with Crippen LogP contribution in [0.4, 0.5) is 0 Å². The van der Waals surface area contributed by atoms with Crippen LogP contribution in [0.1, 0.15) is 31.7 Å². The molecule has 8 heteroatoms. The summed E-state index contributed by atoms with van der Waals surface area (Å²) in [6, 6.07) is 6.14. The number of nitrogens with two attached hydrogens (primary N) is 1. The molecule has 1 atom stereocenters. The lowest BCUT2D eigenvalue weighted by molar-refractivity contribution is 0.270. The minimum Gasteiger partial charge on any atom is -0.229 e. The Labute approximate surface area is 132 Å². The van der Waals surface area contributed by atoms with Crippen LogP contribution in [-0.4, -0.2) is 39.5 Å². The first-order chi connectivity index (χ1) is 10.2. The summed E-state index contributed by atoms with van der Waals surface area (Å²) in [7, 11) is -7.41. The molecule has 1 unspecified atom stereocenters. The fourth-order valence-corrected chi connectivity index (χ4v) is 5.43. The van der Waals surface area contributed by atoms with E-state index >= 15 is 0 Å². The van der Waals surface area contributed by atoms with Gasteiger partial charge in [0, 0.05) is 12.6 Å². The molecule has 0 aliphatic carbocycles. The number of sulfonamides is 2. The molecule has 22 heavy (non-hydrogen) atoms. The topological polar surface area (TPSA) is 97.5 Å². The van der Waals surface area contributed by atoms with Crippen molar-refractivity contribution in [3.63, 3.8) is 0 Å². The maximum absolute atomic E-state index is 12.8. The van der Waals surface area contributed by atoms with E-state index in [1.807, 2.05) is 6.92 Å². The summed E-state index contributed by atoms with van der Waals surface area (Å²) < 4.78 is 49.5. The summed E-state index contributed by atoms with van der Waals surface area (Å²) in [5.41, 5.74) is 1.05. The molecule has 1 saturated heterocycles. The Bertz CT molecular complexity index is 712. The van der Waals surface area contributed by atoms with Gasteiger partial charge in [-0.3, -0.25) is 0 Å². The lowest BCUT2D eigenvalue weighted by Gasteiger charge is -2.34. The molecule has 0 radical (unpaired) electrons. The van der Waals surface area contributed by atoms with Crippen LogP contribution in [0.3, 0.4) is 0 Å². The normalized spacial score (nSPS) is 20.9. The molecule has 124 valence electrons. The predicted molar refractivity (Wildman–Crippen MR) is 85.3 cm³/mol. The van der Waals surface area contributed by atoms with Crippen molar-refractivity contribution in [1.29, 1.82) is 0 Å². The fraction of sp³-hybridized carbons (Fsp3) is 0.571. The predicted octanol–water partition coefficient (Wildman–Crippen LogP) is 1.08. The van der Waals surface area contributed by atoms with Gasteiger partial charge in [0.05, 0.1) is 10.6 Å². The molecule has 1 heterocycles. The van der Waals surface area contributed by atoms with E-state index in [2.05, 4.69) is 0 Å². The molecule has 0 saturated carbocycles. The highest BCUT2D eigenvalue weighted by atomic mass is 32.2. The molecule has 0 spiro atoms. The van der Waals surface area contributed by atoms with Crippen LogP contribution in [0.15, 0.2) is 29.2 Å². The van der Waals surface area contributed by atoms with E-state index in [9.17, 15) is 16.8 Å². The zero-order valence-electron chi connectivity index (χ0n) is 12.6. The second kappa shape index (κ2) is 6.66. The van der Waals surface area contributed by atoms with Crippen molar-refractivity contribution in [2.24, 2.45) is 5.14 Å². The maximum Gasteiger partial charge on any atom is 0.243 e. The van der Waals surface area contributed by atoms with Crippen molar-refractivity contribution in [3.8, 4) is 0 Å². The Kier molecular flexibility index (Phi) is 5.26. The van der Waals surface area contributed by atoms with E-state index in [4.69, 9.17) is 5.14 Å². The van der Waals surface area contributed by atoms with Crippen molar-refractivity contribution in [2.75, 3.05) is 12.3 Å². The van der Waals surface area contributed by atoms with E-state index in [-0.39, 0.29) is 10.6 Å². The van der Waals surface area contributed by atoms with Crippen molar-refractivity contribution in [2.45, 2.75) is 43.5 Å². The largest absolute Gasteiger partial charge is 0.243 e. The molecule has 1 fully saturated rings. The molecule has 1 aromatic rings. The van der Waals surface area contributed by atoms with Crippen LogP contribution in [0.5, 0.6) is 0 Å². The Balaban J connectivity index is 2.31. The molecule has 0 aromatic heterocycles. The SMILES string of the molecule is CCc1ccc(S(=O)(=O)N2CCCCC2CS(N)(=O)=O)cc1. The van der Waals surface area contributed by atoms with E-state index in [1.165, 1.54) is 4.31 Å². The second-order valence-electron chi connectivity index (χ2n) is 5.59. The van der Waals surface area contributed by atoms with Gasteiger partial charge in [0.1, 0.15) is 0 Å². The van der Waals surface area contributed by atoms with Crippen molar-refractivity contribution in [1.82, 2.24) is 4.31 Å². The summed E-state index contributed by atoms with van der Waals surface area (Å²) in [4.78, 5) is 0.200. The lowest BCUT2D eigenvalue weighted by Crippen LogP contribution is -2.47.